The van der Waals surface area contributed by atoms with Crippen molar-refractivity contribution in [2.24, 2.45) is 5.73 Å². The monoisotopic (exact) mass is 446 g/mol. The van der Waals surface area contributed by atoms with Gasteiger partial charge in [0.2, 0.25) is 5.91 Å². The molecule has 0 radical (unpaired) electrons. The smallest absolute Gasteiger partial charge is 0.546 e. The van der Waals surface area contributed by atoms with Gasteiger partial charge in [0.05, 0.1) is 22.4 Å². The Morgan fingerprint density at radius 1 is 0.848 bits per heavy atom. The summed E-state index contributed by atoms with van der Waals surface area (Å²) in [6.45, 7) is -0.0403. The molecular weight excluding hydrogens is 427 g/mol. The molecule has 0 aliphatic rings. The second-order valence-electron chi connectivity index (χ2n) is 7.60. The zero-order valence-corrected chi connectivity index (χ0v) is 20.1. The van der Waals surface area contributed by atoms with Crippen molar-refractivity contribution in [1.29, 1.82) is 0 Å². The molecule has 1 heterocycles. The third-order valence-electron chi connectivity index (χ3n) is 5.70. The number of benzene rings is 4. The average Bonchev–Trinajstić information content (AvgIpc) is 3.12. The summed E-state index contributed by atoms with van der Waals surface area (Å²) in [6, 6.07) is 25.1. The number of ether oxygens (including phenoxy) is 1. The molecule has 0 unspecified atom stereocenters. The number of hydrogen-bond acceptors (Lipinski definition) is 4. The zero-order chi connectivity index (χ0) is 22.2. The summed E-state index contributed by atoms with van der Waals surface area (Å²) >= 11 is 0. The maximum absolute atomic E-state index is 12.2. The predicted octanol–water partition coefficient (Wildman–Crippen LogP) is 0.228. The Hall–Kier alpha value is -3.32. The van der Waals surface area contributed by atoms with Crippen LogP contribution in [0, 0.1) is 0 Å². The minimum atomic E-state index is -1.32. The van der Waals surface area contributed by atoms with Gasteiger partial charge in [-0.2, -0.15) is 0 Å². The van der Waals surface area contributed by atoms with Gasteiger partial charge in [0, 0.05) is 17.5 Å². The fourth-order valence-electron chi connectivity index (χ4n) is 4.39. The van der Waals surface area contributed by atoms with Gasteiger partial charge in [0.1, 0.15) is 12.4 Å². The Morgan fingerprint density at radius 2 is 1.52 bits per heavy atom. The second kappa shape index (κ2) is 9.27. The number of nitrogens with zero attached hydrogens (tertiary/aromatic N) is 1. The number of aromatic nitrogens is 1. The molecule has 4 aromatic carbocycles. The first kappa shape index (κ1) is 22.9. The van der Waals surface area contributed by atoms with Gasteiger partial charge in [-0.1, -0.05) is 54.6 Å². The van der Waals surface area contributed by atoms with E-state index in [2.05, 4.69) is 28.8 Å². The molecule has 0 atom stereocenters. The van der Waals surface area contributed by atoms with Gasteiger partial charge in [-0.15, -0.1) is 0 Å². The number of aliphatic carboxylic acids is 1. The molecule has 2 N–H and O–H groups in total. The van der Waals surface area contributed by atoms with Gasteiger partial charge in [-0.05, 0) is 40.6 Å². The predicted molar refractivity (Wildman–Crippen MR) is 122 cm³/mol. The Morgan fingerprint density at radius 3 is 2.27 bits per heavy atom. The summed E-state index contributed by atoms with van der Waals surface area (Å²) in [5.41, 5.74) is 8.79. The molecule has 0 fully saturated rings. The number of carbonyl (C=O) groups excluding carboxylic acids is 2. The van der Waals surface area contributed by atoms with Crippen LogP contribution in [-0.2, 0) is 11.3 Å². The van der Waals surface area contributed by atoms with Crippen LogP contribution in [0.2, 0.25) is 0 Å². The molecule has 7 heteroatoms. The third kappa shape index (κ3) is 4.09. The molecule has 1 amide bonds. The Kier molecular flexibility index (Phi) is 6.42. The quantitative estimate of drug-likeness (QED) is 0.378. The molecule has 1 aromatic heterocycles. The van der Waals surface area contributed by atoms with E-state index in [1.165, 1.54) is 0 Å². The molecule has 0 aliphatic heterocycles. The number of fused-ring (bicyclic) bond motifs is 4. The van der Waals surface area contributed by atoms with Crippen molar-refractivity contribution in [2.45, 2.75) is 6.54 Å². The Balaban J connectivity index is 0.00000259. The normalized spacial score (nSPS) is 10.9. The maximum atomic E-state index is 12.2. The first-order chi connectivity index (χ1) is 15.5. The van der Waals surface area contributed by atoms with Crippen molar-refractivity contribution in [3.8, 4) is 5.75 Å². The van der Waals surface area contributed by atoms with Crippen molar-refractivity contribution in [2.75, 3.05) is 6.61 Å². The summed E-state index contributed by atoms with van der Waals surface area (Å²) in [5, 5.41) is 14.6. The fraction of sp³-hybridized carbons (Fsp3) is 0.0769. The summed E-state index contributed by atoms with van der Waals surface area (Å²) < 4.78 is 7.63. The van der Waals surface area contributed by atoms with Crippen LogP contribution in [0.25, 0.3) is 32.6 Å². The molecule has 5 rings (SSSR count). The number of rotatable bonds is 6. The summed E-state index contributed by atoms with van der Waals surface area (Å²) in [7, 11) is 0. The van der Waals surface area contributed by atoms with Crippen LogP contribution in [0.4, 0.5) is 0 Å². The van der Waals surface area contributed by atoms with Gasteiger partial charge in [0.15, 0.2) is 0 Å². The van der Waals surface area contributed by atoms with Gasteiger partial charge >= 0.3 is 29.6 Å². The first-order valence-electron chi connectivity index (χ1n) is 10.2. The molecule has 5 aromatic rings. The van der Waals surface area contributed by atoms with Crippen LogP contribution in [0.3, 0.4) is 0 Å². The zero-order valence-electron chi connectivity index (χ0n) is 18.1. The van der Waals surface area contributed by atoms with Crippen molar-refractivity contribution >= 4 is 44.5 Å². The van der Waals surface area contributed by atoms with Gasteiger partial charge in [-0.3, -0.25) is 4.79 Å². The van der Waals surface area contributed by atoms with Crippen LogP contribution >= 0.6 is 0 Å². The maximum Gasteiger partial charge on any atom is 1.00 e. The van der Waals surface area contributed by atoms with E-state index in [9.17, 15) is 14.7 Å². The molecule has 0 aliphatic carbocycles. The van der Waals surface area contributed by atoms with E-state index in [1.54, 1.807) is 24.3 Å². The molecule has 0 spiro atoms. The number of nitrogens with two attached hydrogens (primary N) is 1. The molecule has 0 saturated carbocycles. The number of carbonyl (C=O) groups is 2. The van der Waals surface area contributed by atoms with E-state index < -0.39 is 18.5 Å². The van der Waals surface area contributed by atoms with E-state index in [1.807, 2.05) is 30.3 Å². The summed E-state index contributed by atoms with van der Waals surface area (Å²) in [6.07, 6.45) is 0. The SMILES string of the molecule is NC(=O)c1cccc2c1c1c(OCC(=O)[O-])cccc1n2Cc1cccc2ccccc12.[Na+]. The number of hydrogen-bond donors (Lipinski definition) is 1. The number of carboxylic acid groups (broad SMARTS) is 1. The van der Waals surface area contributed by atoms with Crippen LogP contribution in [-0.4, -0.2) is 23.1 Å². The van der Waals surface area contributed by atoms with Crippen molar-refractivity contribution in [3.05, 3.63) is 90.0 Å². The molecule has 158 valence electrons. The minimum absolute atomic E-state index is 0. The third-order valence-corrected chi connectivity index (χ3v) is 5.70. The first-order valence-corrected chi connectivity index (χ1v) is 10.2. The Labute approximate surface area is 211 Å². The summed E-state index contributed by atoms with van der Waals surface area (Å²) in [5.74, 6) is -1.52. The molecule has 0 saturated heterocycles. The summed E-state index contributed by atoms with van der Waals surface area (Å²) in [4.78, 5) is 23.2. The van der Waals surface area contributed by atoms with Crippen molar-refractivity contribution < 1.29 is 49.0 Å². The van der Waals surface area contributed by atoms with Crippen LogP contribution in [0.15, 0.2) is 78.9 Å². The topological polar surface area (TPSA) is 97.4 Å². The molecule has 0 bridgehead atoms. The van der Waals surface area contributed by atoms with Crippen LogP contribution in [0.1, 0.15) is 15.9 Å². The standard InChI is InChI=1S/C26H20N2O4.Na/c27-26(31)19-10-4-11-20-24(19)25-21(12-5-13-22(25)32-15-23(29)30)28(20)14-17-8-3-7-16-6-1-2-9-18(16)17;/h1-13H,14-15H2,(H2,27,31)(H,29,30);/q;+1/p-1. The van der Waals surface area contributed by atoms with Crippen molar-refractivity contribution in [3.63, 3.8) is 0 Å². The van der Waals surface area contributed by atoms with E-state index in [4.69, 9.17) is 10.5 Å². The molecule has 6 nitrogen and oxygen atoms in total. The minimum Gasteiger partial charge on any atom is -0.546 e. The Bertz CT molecular complexity index is 1520. The number of amides is 1. The fourth-order valence-corrected chi connectivity index (χ4v) is 4.39. The van der Waals surface area contributed by atoms with E-state index >= 15 is 0 Å². The van der Waals surface area contributed by atoms with Crippen molar-refractivity contribution in [1.82, 2.24) is 4.57 Å². The average molecular weight is 446 g/mol. The van der Waals surface area contributed by atoms with Gasteiger partial charge < -0.3 is 24.9 Å². The van der Waals surface area contributed by atoms with Gasteiger partial charge in [-0.25, -0.2) is 0 Å². The van der Waals surface area contributed by atoms with E-state index in [0.29, 0.717) is 28.6 Å². The van der Waals surface area contributed by atoms with Crippen LogP contribution in [0.5, 0.6) is 5.75 Å². The second-order valence-corrected chi connectivity index (χ2v) is 7.60. The number of carboxylic acids is 1. The van der Waals surface area contributed by atoms with E-state index in [-0.39, 0.29) is 29.6 Å². The number of primary amides is 1. The molecule has 33 heavy (non-hydrogen) atoms. The van der Waals surface area contributed by atoms with Crippen LogP contribution < -0.4 is 45.1 Å². The van der Waals surface area contributed by atoms with Gasteiger partial charge in [0.25, 0.3) is 0 Å². The largest absolute Gasteiger partial charge is 1.00 e. The molecular formula is C26H19N2NaO4. The van der Waals surface area contributed by atoms with E-state index in [0.717, 1.165) is 27.4 Å².